The van der Waals surface area contributed by atoms with E-state index in [9.17, 15) is 4.79 Å². The fourth-order valence-corrected chi connectivity index (χ4v) is 4.68. The summed E-state index contributed by atoms with van der Waals surface area (Å²) < 4.78 is 13.3. The van der Waals surface area contributed by atoms with Crippen LogP contribution in [0.3, 0.4) is 0 Å². The number of imidazole rings is 1. The van der Waals surface area contributed by atoms with E-state index in [1.54, 1.807) is 0 Å². The van der Waals surface area contributed by atoms with Crippen molar-refractivity contribution in [3.05, 3.63) is 46.5 Å². The molecule has 1 fully saturated rings. The topological polar surface area (TPSA) is 59.3 Å². The Labute approximate surface area is 167 Å². The molecule has 0 saturated carbocycles. The Morgan fingerprint density at radius 2 is 2.07 bits per heavy atom. The van der Waals surface area contributed by atoms with Gasteiger partial charge in [0.15, 0.2) is 11.5 Å². The molecule has 0 radical (unpaired) electrons. The van der Waals surface area contributed by atoms with Gasteiger partial charge in [0.25, 0.3) is 5.91 Å². The van der Waals surface area contributed by atoms with Crippen LogP contribution in [-0.2, 0) is 6.54 Å². The number of nitrogens with zero attached hydrogens (tertiary/aromatic N) is 4. The quantitative estimate of drug-likeness (QED) is 0.679. The van der Waals surface area contributed by atoms with Crippen molar-refractivity contribution in [2.45, 2.75) is 13.0 Å². The highest BCUT2D eigenvalue weighted by Crippen LogP contribution is 2.40. The highest BCUT2D eigenvalue weighted by atomic mass is 32.1. The molecule has 2 aliphatic heterocycles. The van der Waals surface area contributed by atoms with E-state index < -0.39 is 0 Å². The van der Waals surface area contributed by atoms with Crippen molar-refractivity contribution in [1.29, 1.82) is 0 Å². The number of rotatable bonds is 3. The second-order valence-electron chi connectivity index (χ2n) is 7.08. The SMILES string of the molecule is O=C(c1scc2c1OCCO2)N1CCCN(Cc2cn3ccccc3n2)CC1. The zero-order valence-electron chi connectivity index (χ0n) is 15.5. The minimum absolute atomic E-state index is 0.0475. The summed E-state index contributed by atoms with van der Waals surface area (Å²) in [4.78, 5) is 22.7. The van der Waals surface area contributed by atoms with E-state index in [1.807, 2.05) is 39.1 Å². The van der Waals surface area contributed by atoms with Crippen molar-refractivity contribution in [2.24, 2.45) is 0 Å². The molecular formula is C20H22N4O3S. The predicted octanol–water partition coefficient (Wildman–Crippen LogP) is 2.52. The summed E-state index contributed by atoms with van der Waals surface area (Å²) in [6.45, 7) is 5.10. The summed E-state index contributed by atoms with van der Waals surface area (Å²) in [7, 11) is 0. The zero-order chi connectivity index (χ0) is 18.9. The first-order valence-electron chi connectivity index (χ1n) is 9.59. The van der Waals surface area contributed by atoms with Crippen LogP contribution in [0.1, 0.15) is 21.8 Å². The fourth-order valence-electron chi connectivity index (χ4n) is 3.78. The molecule has 0 aromatic carbocycles. The lowest BCUT2D eigenvalue weighted by molar-refractivity contribution is 0.0757. The fraction of sp³-hybridized carbons (Fsp3) is 0.400. The largest absolute Gasteiger partial charge is 0.485 e. The van der Waals surface area contributed by atoms with Crippen molar-refractivity contribution >= 4 is 22.9 Å². The summed E-state index contributed by atoms with van der Waals surface area (Å²) in [6, 6.07) is 6.02. The summed E-state index contributed by atoms with van der Waals surface area (Å²) in [6.07, 6.45) is 5.05. The Bertz CT molecular complexity index is 965. The molecular weight excluding hydrogens is 376 g/mol. The Hall–Kier alpha value is -2.58. The number of pyridine rings is 1. The second-order valence-corrected chi connectivity index (χ2v) is 7.96. The Kier molecular flexibility index (Phi) is 4.66. The third kappa shape index (κ3) is 3.33. The minimum Gasteiger partial charge on any atom is -0.485 e. The second kappa shape index (κ2) is 7.44. The molecule has 7 nitrogen and oxygen atoms in total. The third-order valence-electron chi connectivity index (χ3n) is 5.17. The molecule has 3 aromatic heterocycles. The number of carbonyl (C=O) groups excluding carboxylic acids is 1. The molecule has 5 rings (SSSR count). The molecule has 0 atom stereocenters. The van der Waals surface area contributed by atoms with E-state index in [0.717, 1.165) is 43.9 Å². The van der Waals surface area contributed by atoms with Crippen molar-refractivity contribution in [3.63, 3.8) is 0 Å². The average molecular weight is 398 g/mol. The normalized spacial score (nSPS) is 17.6. The van der Waals surface area contributed by atoms with Gasteiger partial charge in [-0.3, -0.25) is 9.69 Å². The molecule has 5 heterocycles. The van der Waals surface area contributed by atoms with E-state index in [2.05, 4.69) is 11.1 Å². The summed E-state index contributed by atoms with van der Waals surface area (Å²) in [5.74, 6) is 1.36. The van der Waals surface area contributed by atoms with Gasteiger partial charge in [-0.25, -0.2) is 4.98 Å². The minimum atomic E-state index is 0.0475. The molecule has 0 unspecified atom stereocenters. The lowest BCUT2D eigenvalue weighted by atomic mass is 10.3. The van der Waals surface area contributed by atoms with Crippen LogP contribution in [0, 0.1) is 0 Å². The highest BCUT2D eigenvalue weighted by molar-refractivity contribution is 7.12. The number of aromatic nitrogens is 2. The number of amides is 1. The monoisotopic (exact) mass is 398 g/mol. The molecule has 1 saturated heterocycles. The lowest BCUT2D eigenvalue weighted by Crippen LogP contribution is -2.35. The van der Waals surface area contributed by atoms with E-state index >= 15 is 0 Å². The van der Waals surface area contributed by atoms with Crippen LogP contribution in [0.2, 0.25) is 0 Å². The summed E-state index contributed by atoms with van der Waals surface area (Å²) in [5.41, 5.74) is 2.03. The van der Waals surface area contributed by atoms with Crippen LogP contribution in [0.15, 0.2) is 36.0 Å². The van der Waals surface area contributed by atoms with E-state index in [4.69, 9.17) is 14.5 Å². The number of carbonyl (C=O) groups is 1. The van der Waals surface area contributed by atoms with E-state index in [-0.39, 0.29) is 5.91 Å². The van der Waals surface area contributed by atoms with Gasteiger partial charge in [-0.2, -0.15) is 0 Å². The van der Waals surface area contributed by atoms with Gasteiger partial charge < -0.3 is 18.8 Å². The summed E-state index contributed by atoms with van der Waals surface area (Å²) >= 11 is 1.41. The maximum atomic E-state index is 13.0. The Balaban J connectivity index is 1.25. The van der Waals surface area contributed by atoms with Gasteiger partial charge >= 0.3 is 0 Å². The van der Waals surface area contributed by atoms with Crippen molar-refractivity contribution in [3.8, 4) is 11.5 Å². The molecule has 0 spiro atoms. The van der Waals surface area contributed by atoms with Gasteiger partial charge in [0.2, 0.25) is 0 Å². The van der Waals surface area contributed by atoms with Gasteiger partial charge in [-0.1, -0.05) is 6.07 Å². The van der Waals surface area contributed by atoms with Crippen LogP contribution in [0.4, 0.5) is 0 Å². The van der Waals surface area contributed by atoms with Crippen LogP contribution < -0.4 is 9.47 Å². The lowest BCUT2D eigenvalue weighted by Gasteiger charge is -2.22. The van der Waals surface area contributed by atoms with Crippen LogP contribution in [0.5, 0.6) is 11.5 Å². The maximum absolute atomic E-state index is 13.0. The standard InChI is InChI=1S/C20H22N4O3S/c25-20(19-18-16(14-28-19)26-10-11-27-18)23-7-3-5-22(8-9-23)12-15-13-24-6-2-1-4-17(24)21-15/h1-2,4,6,13-14H,3,5,7-12H2. The first kappa shape index (κ1) is 17.5. The smallest absolute Gasteiger partial charge is 0.267 e. The van der Waals surface area contributed by atoms with Gasteiger partial charge in [0.1, 0.15) is 23.7 Å². The van der Waals surface area contributed by atoms with Crippen molar-refractivity contribution in [2.75, 3.05) is 39.4 Å². The van der Waals surface area contributed by atoms with Crippen LogP contribution >= 0.6 is 11.3 Å². The van der Waals surface area contributed by atoms with Crippen LogP contribution in [0.25, 0.3) is 5.65 Å². The Morgan fingerprint density at radius 3 is 3.00 bits per heavy atom. The van der Waals surface area contributed by atoms with Gasteiger partial charge in [0.05, 0.1) is 5.69 Å². The molecule has 0 bridgehead atoms. The maximum Gasteiger partial charge on any atom is 0.267 e. The third-order valence-corrected chi connectivity index (χ3v) is 6.10. The molecule has 0 aliphatic carbocycles. The van der Waals surface area contributed by atoms with Gasteiger partial charge in [-0.05, 0) is 18.6 Å². The van der Waals surface area contributed by atoms with Crippen molar-refractivity contribution in [1.82, 2.24) is 19.2 Å². The first-order valence-corrected chi connectivity index (χ1v) is 10.5. The summed E-state index contributed by atoms with van der Waals surface area (Å²) in [5, 5.41) is 1.87. The molecule has 0 N–H and O–H groups in total. The number of fused-ring (bicyclic) bond motifs is 2. The number of ether oxygens (including phenoxy) is 2. The predicted molar refractivity (Wildman–Crippen MR) is 106 cm³/mol. The molecule has 8 heteroatoms. The number of thiophene rings is 1. The van der Waals surface area contributed by atoms with Crippen molar-refractivity contribution < 1.29 is 14.3 Å². The number of hydrogen-bond donors (Lipinski definition) is 0. The number of hydrogen-bond acceptors (Lipinski definition) is 6. The molecule has 1 amide bonds. The average Bonchev–Trinajstić information content (AvgIpc) is 3.25. The zero-order valence-corrected chi connectivity index (χ0v) is 16.4. The molecule has 28 heavy (non-hydrogen) atoms. The molecule has 2 aliphatic rings. The molecule has 146 valence electrons. The van der Waals surface area contributed by atoms with Gasteiger partial charge in [0, 0.05) is 50.5 Å². The highest BCUT2D eigenvalue weighted by Gasteiger charge is 2.28. The van der Waals surface area contributed by atoms with Gasteiger partial charge in [-0.15, -0.1) is 11.3 Å². The Morgan fingerprint density at radius 1 is 1.14 bits per heavy atom. The first-order chi connectivity index (χ1) is 13.8. The van der Waals surface area contributed by atoms with Crippen LogP contribution in [-0.4, -0.2) is 64.5 Å². The van der Waals surface area contributed by atoms with E-state index in [0.29, 0.717) is 36.1 Å². The van der Waals surface area contributed by atoms with E-state index in [1.165, 1.54) is 11.3 Å². The molecule has 3 aromatic rings.